The van der Waals surface area contributed by atoms with Gasteiger partial charge in [0.1, 0.15) is 5.82 Å². The fourth-order valence-electron chi connectivity index (χ4n) is 1.94. The number of rotatable bonds is 3. The van der Waals surface area contributed by atoms with Crippen LogP contribution in [0.3, 0.4) is 0 Å². The third kappa shape index (κ3) is 3.95. The maximum absolute atomic E-state index is 13.3. The SMILES string of the molecule is NC(Cc1ccc(C(F)(F)F)cc1)c1ccc(Cl)c(F)c1. The highest BCUT2D eigenvalue weighted by Gasteiger charge is 2.29. The van der Waals surface area contributed by atoms with E-state index in [1.54, 1.807) is 6.07 Å². The van der Waals surface area contributed by atoms with Crippen LogP contribution in [0.2, 0.25) is 5.02 Å². The lowest BCUT2D eigenvalue weighted by Gasteiger charge is -2.13. The Labute approximate surface area is 124 Å². The molecule has 0 amide bonds. The highest BCUT2D eigenvalue weighted by molar-refractivity contribution is 6.30. The monoisotopic (exact) mass is 317 g/mol. The zero-order valence-electron chi connectivity index (χ0n) is 10.8. The highest BCUT2D eigenvalue weighted by atomic mass is 35.5. The molecule has 112 valence electrons. The van der Waals surface area contributed by atoms with Crippen molar-refractivity contribution in [3.05, 3.63) is 70.0 Å². The van der Waals surface area contributed by atoms with Crippen LogP contribution in [0.5, 0.6) is 0 Å². The first-order valence-electron chi connectivity index (χ1n) is 6.14. The van der Waals surface area contributed by atoms with Gasteiger partial charge in [-0.1, -0.05) is 29.8 Å². The fraction of sp³-hybridized carbons (Fsp3) is 0.200. The van der Waals surface area contributed by atoms with Crippen molar-refractivity contribution in [2.24, 2.45) is 5.73 Å². The third-order valence-corrected chi connectivity index (χ3v) is 3.42. The predicted octanol–water partition coefficient (Wildman–Crippen LogP) is 4.74. The van der Waals surface area contributed by atoms with Crippen molar-refractivity contribution in [3.8, 4) is 0 Å². The summed E-state index contributed by atoms with van der Waals surface area (Å²) in [6.45, 7) is 0. The molecule has 1 nitrogen and oxygen atoms in total. The lowest BCUT2D eigenvalue weighted by Crippen LogP contribution is -2.14. The second kappa shape index (κ2) is 6.03. The molecule has 0 aromatic heterocycles. The summed E-state index contributed by atoms with van der Waals surface area (Å²) in [5.74, 6) is -0.572. The van der Waals surface area contributed by atoms with Gasteiger partial charge < -0.3 is 5.73 Å². The average molecular weight is 318 g/mol. The van der Waals surface area contributed by atoms with Crippen LogP contribution in [0.1, 0.15) is 22.7 Å². The van der Waals surface area contributed by atoms with Crippen molar-refractivity contribution in [2.45, 2.75) is 18.6 Å². The summed E-state index contributed by atoms with van der Waals surface area (Å²) in [6, 6.07) is 8.46. The Balaban J connectivity index is 2.12. The third-order valence-electron chi connectivity index (χ3n) is 3.11. The van der Waals surface area contributed by atoms with Gasteiger partial charge >= 0.3 is 6.18 Å². The summed E-state index contributed by atoms with van der Waals surface area (Å²) in [6.07, 6.45) is -4.06. The van der Waals surface area contributed by atoms with Gasteiger partial charge in [0, 0.05) is 6.04 Å². The van der Waals surface area contributed by atoms with Gasteiger partial charge in [0.2, 0.25) is 0 Å². The molecule has 0 aliphatic rings. The van der Waals surface area contributed by atoms with Crippen molar-refractivity contribution in [3.63, 3.8) is 0 Å². The Morgan fingerprint density at radius 2 is 1.67 bits per heavy atom. The quantitative estimate of drug-likeness (QED) is 0.813. The topological polar surface area (TPSA) is 26.0 Å². The van der Waals surface area contributed by atoms with Gasteiger partial charge in [-0.05, 0) is 41.8 Å². The molecule has 0 bridgehead atoms. The summed E-state index contributed by atoms with van der Waals surface area (Å²) in [5, 5.41) is 0.000445. The molecule has 1 atom stereocenters. The van der Waals surface area contributed by atoms with Crippen LogP contribution >= 0.6 is 11.6 Å². The van der Waals surface area contributed by atoms with Crippen molar-refractivity contribution >= 4 is 11.6 Å². The minimum Gasteiger partial charge on any atom is -0.324 e. The lowest BCUT2D eigenvalue weighted by atomic mass is 9.99. The Morgan fingerprint density at radius 3 is 2.19 bits per heavy atom. The molecule has 0 radical (unpaired) electrons. The second-order valence-electron chi connectivity index (χ2n) is 4.68. The average Bonchev–Trinajstić information content (AvgIpc) is 2.41. The van der Waals surface area contributed by atoms with E-state index in [1.807, 2.05) is 0 Å². The van der Waals surface area contributed by atoms with E-state index < -0.39 is 23.6 Å². The van der Waals surface area contributed by atoms with Crippen LogP contribution in [0.15, 0.2) is 42.5 Å². The Hall–Kier alpha value is -1.59. The molecule has 0 aliphatic carbocycles. The zero-order chi connectivity index (χ0) is 15.6. The van der Waals surface area contributed by atoms with E-state index in [2.05, 4.69) is 0 Å². The van der Waals surface area contributed by atoms with E-state index in [-0.39, 0.29) is 5.02 Å². The molecule has 21 heavy (non-hydrogen) atoms. The highest BCUT2D eigenvalue weighted by Crippen LogP contribution is 2.29. The van der Waals surface area contributed by atoms with Gasteiger partial charge in [0.15, 0.2) is 0 Å². The number of hydrogen-bond acceptors (Lipinski definition) is 1. The van der Waals surface area contributed by atoms with Crippen LogP contribution in [0.25, 0.3) is 0 Å². The molecule has 0 fully saturated rings. The van der Waals surface area contributed by atoms with Crippen molar-refractivity contribution < 1.29 is 17.6 Å². The van der Waals surface area contributed by atoms with E-state index in [9.17, 15) is 17.6 Å². The van der Waals surface area contributed by atoms with Crippen molar-refractivity contribution in [1.82, 2.24) is 0 Å². The zero-order valence-corrected chi connectivity index (χ0v) is 11.5. The van der Waals surface area contributed by atoms with Crippen molar-refractivity contribution in [2.75, 3.05) is 0 Å². The molecule has 0 saturated heterocycles. The molecule has 2 aromatic rings. The van der Waals surface area contributed by atoms with Crippen LogP contribution in [0.4, 0.5) is 17.6 Å². The van der Waals surface area contributed by atoms with E-state index in [1.165, 1.54) is 24.3 Å². The van der Waals surface area contributed by atoms with Crippen LogP contribution in [-0.2, 0) is 12.6 Å². The molecule has 2 aromatic carbocycles. The van der Waals surface area contributed by atoms with Crippen LogP contribution in [0, 0.1) is 5.82 Å². The van der Waals surface area contributed by atoms with Gasteiger partial charge in [0.05, 0.1) is 10.6 Å². The van der Waals surface area contributed by atoms with Gasteiger partial charge in [0.25, 0.3) is 0 Å². The molecule has 1 unspecified atom stereocenters. The Kier molecular flexibility index (Phi) is 4.54. The molecular formula is C15H12ClF4N. The maximum Gasteiger partial charge on any atom is 0.416 e. The minimum absolute atomic E-state index is 0.000445. The molecule has 2 rings (SSSR count). The lowest BCUT2D eigenvalue weighted by molar-refractivity contribution is -0.137. The molecule has 6 heteroatoms. The van der Waals surface area contributed by atoms with E-state index in [0.29, 0.717) is 17.5 Å². The van der Waals surface area contributed by atoms with E-state index >= 15 is 0 Å². The Bertz CT molecular complexity index is 623. The molecule has 0 spiro atoms. The maximum atomic E-state index is 13.3. The number of halogens is 5. The summed E-state index contributed by atoms with van der Waals surface area (Å²) in [5.41, 5.74) is 6.41. The predicted molar refractivity (Wildman–Crippen MR) is 73.5 cm³/mol. The van der Waals surface area contributed by atoms with Gasteiger partial charge in [-0.25, -0.2) is 4.39 Å². The molecule has 0 aliphatic heterocycles. The first-order valence-corrected chi connectivity index (χ1v) is 6.52. The number of hydrogen-bond donors (Lipinski definition) is 1. The largest absolute Gasteiger partial charge is 0.416 e. The molecule has 0 heterocycles. The Morgan fingerprint density at radius 1 is 1.05 bits per heavy atom. The summed E-state index contributed by atoms with van der Waals surface area (Å²) in [7, 11) is 0. The van der Waals surface area contributed by atoms with Crippen LogP contribution < -0.4 is 5.73 Å². The van der Waals surface area contributed by atoms with Crippen molar-refractivity contribution in [1.29, 1.82) is 0 Å². The summed E-state index contributed by atoms with van der Waals surface area (Å²) in [4.78, 5) is 0. The molecular weight excluding hydrogens is 306 g/mol. The van der Waals surface area contributed by atoms with Gasteiger partial charge in [-0.15, -0.1) is 0 Å². The molecule has 0 saturated carbocycles. The summed E-state index contributed by atoms with van der Waals surface area (Å²) >= 11 is 5.58. The van der Waals surface area contributed by atoms with Crippen LogP contribution in [-0.4, -0.2) is 0 Å². The van der Waals surface area contributed by atoms with E-state index in [4.69, 9.17) is 17.3 Å². The first-order chi connectivity index (χ1) is 9.77. The number of benzene rings is 2. The normalized spacial score (nSPS) is 13.2. The molecule has 2 N–H and O–H groups in total. The fourth-order valence-corrected chi connectivity index (χ4v) is 2.06. The number of alkyl halides is 3. The minimum atomic E-state index is -4.36. The first kappa shape index (κ1) is 15.8. The second-order valence-corrected chi connectivity index (χ2v) is 5.09. The van der Waals surface area contributed by atoms with Gasteiger partial charge in [-0.3, -0.25) is 0 Å². The van der Waals surface area contributed by atoms with Gasteiger partial charge in [-0.2, -0.15) is 13.2 Å². The smallest absolute Gasteiger partial charge is 0.324 e. The summed E-state index contributed by atoms with van der Waals surface area (Å²) < 4.78 is 50.7. The van der Waals surface area contributed by atoms with E-state index in [0.717, 1.165) is 12.1 Å². The number of nitrogens with two attached hydrogens (primary N) is 1. The standard InChI is InChI=1S/C15H12ClF4N/c16-12-6-3-10(8-13(12)17)14(21)7-9-1-4-11(5-2-9)15(18,19)20/h1-6,8,14H,7,21H2.